The van der Waals surface area contributed by atoms with Crippen LogP contribution < -0.4 is 10.3 Å². The van der Waals surface area contributed by atoms with E-state index in [-0.39, 0.29) is 39.9 Å². The number of rotatable bonds is 9. The molecule has 4 saturated carbocycles. The van der Waals surface area contributed by atoms with E-state index >= 15 is 0 Å². The minimum Gasteiger partial charge on any atom is -0.393 e. The lowest BCUT2D eigenvalue weighted by Gasteiger charge is -2.70. The molecule has 0 saturated heterocycles. The quantitative estimate of drug-likeness (QED) is 0.291. The van der Waals surface area contributed by atoms with Crippen molar-refractivity contribution in [1.29, 1.82) is 0 Å². The topological polar surface area (TPSA) is 179 Å². The van der Waals surface area contributed by atoms with Crippen molar-refractivity contribution in [2.45, 2.75) is 143 Å². The van der Waals surface area contributed by atoms with Crippen LogP contribution in [0.5, 0.6) is 0 Å². The van der Waals surface area contributed by atoms with Gasteiger partial charge in [0, 0.05) is 0 Å². The predicted octanol–water partition coefficient (Wildman–Crippen LogP) is 4.15. The normalized spacial score (nSPS) is 43.6. The molecular formula is C30H56N2O8S2. The van der Waals surface area contributed by atoms with Crippen LogP contribution in [0.3, 0.4) is 0 Å². The molecule has 4 aliphatic carbocycles. The Labute approximate surface area is 254 Å². The summed E-state index contributed by atoms with van der Waals surface area (Å²) in [6.45, 7) is 16.4. The van der Waals surface area contributed by atoms with Gasteiger partial charge in [0.25, 0.3) is 0 Å². The molecule has 0 aromatic carbocycles. The van der Waals surface area contributed by atoms with Crippen molar-refractivity contribution in [1.82, 2.24) is 0 Å². The fourth-order valence-electron chi connectivity index (χ4n) is 11.2. The second-order valence-corrected chi connectivity index (χ2v) is 18.8. The van der Waals surface area contributed by atoms with Gasteiger partial charge >= 0.3 is 20.6 Å². The molecule has 10 atom stereocenters. The molecule has 0 aromatic heterocycles. The van der Waals surface area contributed by atoms with Crippen LogP contribution in [-0.2, 0) is 29.0 Å². The molecule has 4 fully saturated rings. The Hall–Kier alpha value is -0.340. The standard InChI is InChI=1S/C30H56N2O8S2/c1-25(2,34)13-9-14-30(8,40-42(32,37)38)19-10-16-29(7)24(19)20(33)18-22-27(5)15-12-23(39-41(31,35)36)26(3,4)21(27)11-17-28(22,29)6/h19-24,33-34H,9-18H2,1-8H3,(H2,31,35,36)(H2,32,37,38)/t19-,20+,21-,22+,23-,24-,27-,28+,29+,30+/m0/s1. The van der Waals surface area contributed by atoms with Gasteiger partial charge in [-0.15, -0.1) is 0 Å². The van der Waals surface area contributed by atoms with Crippen LogP contribution in [0.15, 0.2) is 0 Å². The number of hydrogen-bond donors (Lipinski definition) is 4. The van der Waals surface area contributed by atoms with Gasteiger partial charge in [-0.05, 0) is 130 Å². The highest BCUT2D eigenvalue weighted by Crippen LogP contribution is 2.76. The first kappa shape index (κ1) is 34.5. The summed E-state index contributed by atoms with van der Waals surface area (Å²) in [6.07, 6.45) is 5.60. The zero-order valence-electron chi connectivity index (χ0n) is 26.9. The van der Waals surface area contributed by atoms with Gasteiger partial charge in [-0.2, -0.15) is 16.8 Å². The highest BCUT2D eigenvalue weighted by Gasteiger charge is 2.71. The first-order valence-corrected chi connectivity index (χ1v) is 18.6. The average molecular weight is 637 g/mol. The maximum Gasteiger partial charge on any atom is 0.333 e. The van der Waals surface area contributed by atoms with Crippen LogP contribution in [0.25, 0.3) is 0 Å². The Morgan fingerprint density at radius 3 is 1.98 bits per heavy atom. The molecular weight excluding hydrogens is 580 g/mol. The Balaban J connectivity index is 1.68. The number of hydrogen-bond acceptors (Lipinski definition) is 8. The molecule has 0 bridgehead atoms. The van der Waals surface area contributed by atoms with Crippen molar-refractivity contribution in [3.8, 4) is 0 Å². The van der Waals surface area contributed by atoms with E-state index in [2.05, 4.69) is 34.6 Å². The van der Waals surface area contributed by atoms with Gasteiger partial charge in [0.05, 0.1) is 23.4 Å². The third-order valence-electron chi connectivity index (χ3n) is 13.1. The molecule has 42 heavy (non-hydrogen) atoms. The molecule has 10 nitrogen and oxygen atoms in total. The fraction of sp³-hybridized carbons (Fsp3) is 1.00. The van der Waals surface area contributed by atoms with E-state index in [9.17, 15) is 27.0 Å². The highest BCUT2D eigenvalue weighted by molar-refractivity contribution is 7.84. The van der Waals surface area contributed by atoms with Gasteiger partial charge in [0.15, 0.2) is 0 Å². The summed E-state index contributed by atoms with van der Waals surface area (Å²) in [5, 5.41) is 33.1. The van der Waals surface area contributed by atoms with Crippen LogP contribution in [0, 0.1) is 45.3 Å². The minimum absolute atomic E-state index is 0.129. The molecule has 0 spiro atoms. The zero-order valence-corrected chi connectivity index (χ0v) is 28.5. The van der Waals surface area contributed by atoms with Crippen molar-refractivity contribution in [2.24, 2.45) is 55.6 Å². The lowest BCUT2D eigenvalue weighted by Crippen LogP contribution is -2.67. The monoisotopic (exact) mass is 636 g/mol. The fourth-order valence-corrected chi connectivity index (χ4v) is 12.6. The molecule has 0 aliphatic heterocycles. The molecule has 0 aromatic rings. The smallest absolute Gasteiger partial charge is 0.333 e. The maximum atomic E-state index is 12.3. The zero-order chi connectivity index (χ0) is 31.9. The second kappa shape index (κ2) is 10.6. The van der Waals surface area contributed by atoms with E-state index in [1.165, 1.54) is 0 Å². The summed E-state index contributed by atoms with van der Waals surface area (Å²) in [5.41, 5.74) is -2.98. The van der Waals surface area contributed by atoms with Gasteiger partial charge in [-0.3, -0.25) is 8.37 Å². The third kappa shape index (κ3) is 5.97. The Bertz CT molecular complexity index is 1250. The summed E-state index contributed by atoms with van der Waals surface area (Å²) in [7, 11) is -8.35. The third-order valence-corrected chi connectivity index (χ3v) is 14.2. The van der Waals surface area contributed by atoms with E-state index in [0.29, 0.717) is 38.5 Å². The Kier molecular flexibility index (Phi) is 8.72. The van der Waals surface area contributed by atoms with Crippen molar-refractivity contribution >= 4 is 20.6 Å². The summed E-state index contributed by atoms with van der Waals surface area (Å²) in [6, 6.07) is 0. The number of aliphatic hydroxyl groups excluding tert-OH is 1. The van der Waals surface area contributed by atoms with Gasteiger partial charge in [-0.1, -0.05) is 34.6 Å². The molecule has 6 N–H and O–H groups in total. The molecule has 0 radical (unpaired) electrons. The van der Waals surface area contributed by atoms with E-state index in [4.69, 9.17) is 18.6 Å². The lowest BCUT2D eigenvalue weighted by atomic mass is 9.35. The molecule has 12 heteroatoms. The number of nitrogens with two attached hydrogens (primary N) is 2. The number of aliphatic hydroxyl groups is 2. The molecule has 246 valence electrons. The van der Waals surface area contributed by atoms with E-state index < -0.39 is 49.4 Å². The SMILES string of the molecule is CC(C)(O)CCC[C@@](C)(OS(N)(=O)=O)[C@H]1CC[C@]2(C)[C@@H]1[C@H](O)C[C@@H]1[C@@]3(C)CC[C@H](OS(N)(=O)=O)C(C)(C)[C@@H]3CC[C@]12C. The predicted molar refractivity (Wildman–Crippen MR) is 161 cm³/mol. The van der Waals surface area contributed by atoms with Crippen LogP contribution >= 0.6 is 0 Å². The van der Waals surface area contributed by atoms with E-state index in [1.54, 1.807) is 13.8 Å². The van der Waals surface area contributed by atoms with E-state index in [1.807, 2.05) is 6.92 Å². The van der Waals surface area contributed by atoms with Crippen LogP contribution in [0.2, 0.25) is 0 Å². The Morgan fingerprint density at radius 2 is 1.43 bits per heavy atom. The first-order chi connectivity index (χ1) is 18.8. The van der Waals surface area contributed by atoms with Gasteiger partial charge in [0.2, 0.25) is 0 Å². The van der Waals surface area contributed by atoms with Crippen molar-refractivity contribution in [2.75, 3.05) is 0 Å². The first-order valence-electron chi connectivity index (χ1n) is 15.6. The summed E-state index contributed by atoms with van der Waals surface area (Å²) >= 11 is 0. The van der Waals surface area contributed by atoms with E-state index in [0.717, 1.165) is 25.7 Å². The molecule has 4 rings (SSSR count). The van der Waals surface area contributed by atoms with Crippen LogP contribution in [0.4, 0.5) is 0 Å². The molecule has 0 amide bonds. The maximum absolute atomic E-state index is 12.3. The minimum atomic E-state index is -4.26. The summed E-state index contributed by atoms with van der Waals surface area (Å²) in [5.74, 6) is -0.0286. The van der Waals surface area contributed by atoms with Crippen molar-refractivity contribution < 1.29 is 35.4 Å². The lowest BCUT2D eigenvalue weighted by molar-refractivity contribution is -0.243. The van der Waals surface area contributed by atoms with Crippen molar-refractivity contribution in [3.05, 3.63) is 0 Å². The van der Waals surface area contributed by atoms with Crippen LogP contribution in [0.1, 0.15) is 120 Å². The van der Waals surface area contributed by atoms with Crippen LogP contribution in [-0.4, -0.2) is 50.5 Å². The van der Waals surface area contributed by atoms with Crippen molar-refractivity contribution in [3.63, 3.8) is 0 Å². The average Bonchev–Trinajstić information content (AvgIpc) is 3.15. The second-order valence-electron chi connectivity index (χ2n) is 16.5. The van der Waals surface area contributed by atoms with Gasteiger partial charge < -0.3 is 10.2 Å². The molecule has 0 unspecified atom stereocenters. The molecule has 4 aliphatic rings. The molecule has 0 heterocycles. The Morgan fingerprint density at radius 1 is 0.833 bits per heavy atom. The summed E-state index contributed by atoms with van der Waals surface area (Å²) in [4.78, 5) is 0. The largest absolute Gasteiger partial charge is 0.393 e. The summed E-state index contributed by atoms with van der Waals surface area (Å²) < 4.78 is 59.6. The highest BCUT2D eigenvalue weighted by atomic mass is 32.2. The van der Waals surface area contributed by atoms with Gasteiger partial charge in [-0.25, -0.2) is 10.3 Å². The number of fused-ring (bicyclic) bond motifs is 5. The van der Waals surface area contributed by atoms with Gasteiger partial charge in [0.1, 0.15) is 0 Å².